The van der Waals surface area contributed by atoms with Crippen LogP contribution in [-0.4, -0.2) is 9.78 Å². The molecule has 1 aromatic carbocycles. The maximum atomic E-state index is 6.26. The van der Waals surface area contributed by atoms with Crippen LogP contribution in [0.25, 0.3) is 11.3 Å². The summed E-state index contributed by atoms with van der Waals surface area (Å²) in [6.45, 7) is 5.74. The third-order valence-corrected chi connectivity index (χ3v) is 3.60. The van der Waals surface area contributed by atoms with Gasteiger partial charge in [-0.1, -0.05) is 41.9 Å². The summed E-state index contributed by atoms with van der Waals surface area (Å²) in [6.07, 6.45) is 7.55. The monoisotopic (exact) mass is 333 g/mol. The molecule has 2 rings (SSSR count). The van der Waals surface area contributed by atoms with Crippen LogP contribution in [-0.2, 0) is 7.05 Å². The van der Waals surface area contributed by atoms with Crippen molar-refractivity contribution in [2.75, 3.05) is 5.32 Å². The molecule has 0 spiro atoms. The van der Waals surface area contributed by atoms with Crippen LogP contribution in [0.15, 0.2) is 60.8 Å². The molecule has 114 valence electrons. The minimum absolute atomic E-state index is 0.593. The van der Waals surface area contributed by atoms with Gasteiger partial charge in [0.05, 0.1) is 10.7 Å². The van der Waals surface area contributed by atoms with Crippen molar-refractivity contribution in [3.63, 3.8) is 0 Å². The van der Waals surface area contributed by atoms with Gasteiger partial charge in [-0.3, -0.25) is 4.68 Å². The summed E-state index contributed by atoms with van der Waals surface area (Å²) < 4.78 is 1.77. The first kappa shape index (κ1) is 16.4. The van der Waals surface area contributed by atoms with Crippen LogP contribution in [0.3, 0.4) is 0 Å². The third kappa shape index (κ3) is 3.81. The minimum atomic E-state index is 0.593. The van der Waals surface area contributed by atoms with E-state index in [0.29, 0.717) is 10.0 Å². The van der Waals surface area contributed by atoms with Gasteiger partial charge in [0.2, 0.25) is 0 Å². The number of nitrogens with zero attached hydrogens (tertiary/aromatic N) is 2. The van der Waals surface area contributed by atoms with Crippen LogP contribution in [0.1, 0.15) is 6.92 Å². The van der Waals surface area contributed by atoms with Crippen LogP contribution in [0, 0.1) is 0 Å². The molecule has 0 atom stereocenters. The number of hydrogen-bond donors (Lipinski definition) is 1. The Morgan fingerprint density at radius 3 is 2.73 bits per heavy atom. The summed E-state index contributed by atoms with van der Waals surface area (Å²) in [5, 5.41) is 8.87. The topological polar surface area (TPSA) is 29.9 Å². The fourth-order valence-electron chi connectivity index (χ4n) is 1.99. The normalized spacial score (nSPS) is 11.9. The molecule has 1 heterocycles. The Morgan fingerprint density at radius 2 is 2.09 bits per heavy atom. The second-order valence-electron chi connectivity index (χ2n) is 4.64. The largest absolute Gasteiger partial charge is 0.339 e. The van der Waals surface area contributed by atoms with E-state index in [1.165, 1.54) is 0 Å². The van der Waals surface area contributed by atoms with Gasteiger partial charge in [0.15, 0.2) is 5.82 Å². The standard InChI is InChI=1S/C17H17Cl2N3/c1-4-6-7-13(5-2)20-17-11-16(22(3)21-17)14-9-8-12(18)10-15(14)19/h4-11H,2H2,1,3H3,(H,20,21)/b6-4-,13-7+. The van der Waals surface area contributed by atoms with Gasteiger partial charge in [-0.15, -0.1) is 0 Å². The van der Waals surface area contributed by atoms with Crippen LogP contribution in [0.4, 0.5) is 5.82 Å². The summed E-state index contributed by atoms with van der Waals surface area (Å²) >= 11 is 12.2. The number of rotatable bonds is 5. The number of aryl methyl sites for hydroxylation is 1. The highest BCUT2D eigenvalue weighted by Crippen LogP contribution is 2.31. The van der Waals surface area contributed by atoms with E-state index in [9.17, 15) is 0 Å². The van der Waals surface area contributed by atoms with Crippen molar-refractivity contribution >= 4 is 29.0 Å². The van der Waals surface area contributed by atoms with E-state index in [-0.39, 0.29) is 0 Å². The number of anilines is 1. The zero-order valence-corrected chi connectivity index (χ0v) is 14.0. The molecule has 0 bridgehead atoms. The van der Waals surface area contributed by atoms with Crippen molar-refractivity contribution < 1.29 is 0 Å². The summed E-state index contributed by atoms with van der Waals surface area (Å²) in [5.41, 5.74) is 2.65. The average molecular weight is 334 g/mol. The van der Waals surface area contributed by atoms with Crippen molar-refractivity contribution in [2.45, 2.75) is 6.92 Å². The highest BCUT2D eigenvalue weighted by Gasteiger charge is 2.11. The van der Waals surface area contributed by atoms with Crippen LogP contribution in [0.5, 0.6) is 0 Å². The predicted molar refractivity (Wildman–Crippen MR) is 95.4 cm³/mol. The lowest BCUT2D eigenvalue weighted by molar-refractivity contribution is 0.779. The molecule has 5 heteroatoms. The number of nitrogens with one attached hydrogen (secondary N) is 1. The highest BCUT2D eigenvalue weighted by atomic mass is 35.5. The molecule has 0 radical (unpaired) electrons. The van der Waals surface area contributed by atoms with Gasteiger partial charge in [-0.25, -0.2) is 0 Å². The van der Waals surface area contributed by atoms with Crippen LogP contribution < -0.4 is 5.32 Å². The average Bonchev–Trinajstić information content (AvgIpc) is 2.84. The minimum Gasteiger partial charge on any atom is -0.339 e. The van der Waals surface area contributed by atoms with E-state index in [2.05, 4.69) is 17.0 Å². The lowest BCUT2D eigenvalue weighted by Crippen LogP contribution is -1.98. The van der Waals surface area contributed by atoms with Crippen LogP contribution in [0.2, 0.25) is 10.0 Å². The zero-order chi connectivity index (χ0) is 16.1. The fourth-order valence-corrected chi connectivity index (χ4v) is 2.49. The maximum absolute atomic E-state index is 6.26. The van der Waals surface area contributed by atoms with Crippen molar-refractivity contribution in [3.05, 3.63) is 70.9 Å². The summed E-state index contributed by atoms with van der Waals surface area (Å²) in [6, 6.07) is 7.35. The molecule has 1 aromatic heterocycles. The van der Waals surface area contributed by atoms with Gasteiger partial charge in [0, 0.05) is 29.4 Å². The Labute approximate surface area is 140 Å². The Hall–Kier alpha value is -1.97. The SMILES string of the molecule is C=C/C(=C\C=C/C)Nc1cc(-c2ccc(Cl)cc2Cl)n(C)n1. The highest BCUT2D eigenvalue weighted by molar-refractivity contribution is 6.36. The quantitative estimate of drug-likeness (QED) is 0.737. The second kappa shape index (κ2) is 7.34. The van der Waals surface area contributed by atoms with E-state index < -0.39 is 0 Å². The Kier molecular flexibility index (Phi) is 5.47. The summed E-state index contributed by atoms with van der Waals surface area (Å²) in [4.78, 5) is 0. The number of aromatic nitrogens is 2. The molecule has 22 heavy (non-hydrogen) atoms. The van der Waals surface area contributed by atoms with E-state index in [4.69, 9.17) is 23.2 Å². The lowest BCUT2D eigenvalue weighted by atomic mass is 10.1. The summed E-state index contributed by atoms with van der Waals surface area (Å²) in [7, 11) is 1.87. The van der Waals surface area contributed by atoms with Crippen molar-refractivity contribution in [2.24, 2.45) is 7.05 Å². The van der Waals surface area contributed by atoms with Gasteiger partial charge < -0.3 is 5.32 Å². The molecular weight excluding hydrogens is 317 g/mol. The van der Waals surface area contributed by atoms with Crippen molar-refractivity contribution in [3.8, 4) is 11.3 Å². The van der Waals surface area contributed by atoms with Gasteiger partial charge in [-0.05, 0) is 37.3 Å². The number of halogens is 2. The van der Waals surface area contributed by atoms with E-state index in [0.717, 1.165) is 22.8 Å². The Morgan fingerprint density at radius 1 is 1.32 bits per heavy atom. The molecule has 0 fully saturated rings. The molecule has 0 aliphatic heterocycles. The molecule has 0 saturated carbocycles. The molecule has 0 amide bonds. The number of allylic oxidation sites excluding steroid dienone is 4. The molecule has 0 aliphatic rings. The Bertz CT molecular complexity index is 742. The molecule has 2 aromatic rings. The Balaban J connectivity index is 2.34. The molecule has 1 N–H and O–H groups in total. The first-order valence-electron chi connectivity index (χ1n) is 6.77. The molecule has 0 saturated heterocycles. The van der Waals surface area contributed by atoms with Gasteiger partial charge in [0.25, 0.3) is 0 Å². The van der Waals surface area contributed by atoms with Gasteiger partial charge >= 0.3 is 0 Å². The van der Waals surface area contributed by atoms with Crippen molar-refractivity contribution in [1.29, 1.82) is 0 Å². The summed E-state index contributed by atoms with van der Waals surface area (Å²) in [5.74, 6) is 0.721. The fraction of sp³-hybridized carbons (Fsp3) is 0.118. The van der Waals surface area contributed by atoms with E-state index in [1.807, 2.05) is 50.4 Å². The van der Waals surface area contributed by atoms with Gasteiger partial charge in [-0.2, -0.15) is 5.10 Å². The third-order valence-electron chi connectivity index (χ3n) is 3.05. The molecule has 3 nitrogen and oxygen atoms in total. The number of benzene rings is 1. The lowest BCUT2D eigenvalue weighted by Gasteiger charge is -2.04. The van der Waals surface area contributed by atoms with Gasteiger partial charge in [0.1, 0.15) is 0 Å². The van der Waals surface area contributed by atoms with E-state index in [1.54, 1.807) is 16.8 Å². The maximum Gasteiger partial charge on any atom is 0.153 e. The smallest absolute Gasteiger partial charge is 0.153 e. The molecule has 0 aliphatic carbocycles. The number of hydrogen-bond acceptors (Lipinski definition) is 2. The molecular formula is C17H17Cl2N3. The zero-order valence-electron chi connectivity index (χ0n) is 12.5. The van der Waals surface area contributed by atoms with Crippen molar-refractivity contribution in [1.82, 2.24) is 9.78 Å². The van der Waals surface area contributed by atoms with Crippen LogP contribution >= 0.6 is 23.2 Å². The molecule has 0 unspecified atom stereocenters. The predicted octanol–water partition coefficient (Wildman–Crippen LogP) is 5.45. The first-order valence-corrected chi connectivity index (χ1v) is 7.52. The second-order valence-corrected chi connectivity index (χ2v) is 5.48. The first-order chi connectivity index (χ1) is 10.5. The van der Waals surface area contributed by atoms with E-state index >= 15 is 0 Å².